The van der Waals surface area contributed by atoms with Crippen LogP contribution in [0.25, 0.3) is 11.0 Å². The van der Waals surface area contributed by atoms with Crippen molar-refractivity contribution in [3.63, 3.8) is 0 Å². The lowest BCUT2D eigenvalue weighted by molar-refractivity contribution is 0.0697. The third-order valence-corrected chi connectivity index (χ3v) is 3.73. The van der Waals surface area contributed by atoms with Gasteiger partial charge in [-0.3, -0.25) is 0 Å². The van der Waals surface area contributed by atoms with Crippen LogP contribution in [0.5, 0.6) is 0 Å². The molecular weight excluding hydrogens is 252 g/mol. The number of aromatic nitrogens is 2. The first kappa shape index (κ1) is 14.6. The highest BCUT2D eigenvalue weighted by atomic mass is 16.4. The van der Waals surface area contributed by atoms with E-state index in [1.807, 2.05) is 0 Å². The molecule has 1 aromatic heterocycles. The molecule has 0 saturated heterocycles. The first-order valence-corrected chi connectivity index (χ1v) is 7.17. The molecule has 0 spiro atoms. The molecule has 0 saturated carbocycles. The molecule has 1 unspecified atom stereocenters. The van der Waals surface area contributed by atoms with Gasteiger partial charge in [0.05, 0.1) is 16.6 Å². The smallest absolute Gasteiger partial charge is 0.335 e. The Balaban J connectivity index is 2.61. The zero-order valence-corrected chi connectivity index (χ0v) is 12.6. The third kappa shape index (κ3) is 2.69. The number of hydrogen-bond acceptors (Lipinski definition) is 2. The molecule has 0 fully saturated rings. The van der Waals surface area contributed by atoms with Gasteiger partial charge < -0.3 is 9.67 Å². The van der Waals surface area contributed by atoms with E-state index in [4.69, 9.17) is 5.11 Å². The van der Waals surface area contributed by atoms with E-state index >= 15 is 0 Å². The van der Waals surface area contributed by atoms with Gasteiger partial charge in [0.15, 0.2) is 0 Å². The molecule has 0 radical (unpaired) electrons. The number of carboxylic acid groups (broad SMARTS) is 1. The number of aromatic carboxylic acids is 1. The Labute approximate surface area is 119 Å². The molecule has 1 aromatic carbocycles. The molecule has 0 aliphatic rings. The summed E-state index contributed by atoms with van der Waals surface area (Å²) in [6.45, 7) is 9.49. The molecule has 4 nitrogen and oxygen atoms in total. The standard InChI is InChI=1S/C16H22N2O2/c1-5-11(4)9-18-14-8-12(16(19)20)6-7-13(14)17-15(18)10(2)3/h6-8,10-11H,5,9H2,1-4H3,(H,19,20). The number of carbonyl (C=O) groups is 1. The zero-order chi connectivity index (χ0) is 14.9. The van der Waals surface area contributed by atoms with E-state index in [9.17, 15) is 4.79 Å². The van der Waals surface area contributed by atoms with Crippen LogP contribution in [-0.2, 0) is 6.54 Å². The van der Waals surface area contributed by atoms with Crippen molar-refractivity contribution in [2.24, 2.45) is 5.92 Å². The van der Waals surface area contributed by atoms with Crippen LogP contribution >= 0.6 is 0 Å². The number of rotatable bonds is 5. The van der Waals surface area contributed by atoms with Gasteiger partial charge in [-0.05, 0) is 24.1 Å². The molecule has 0 bridgehead atoms. The maximum Gasteiger partial charge on any atom is 0.335 e. The van der Waals surface area contributed by atoms with Gasteiger partial charge in [0, 0.05) is 12.5 Å². The minimum Gasteiger partial charge on any atom is -0.478 e. The van der Waals surface area contributed by atoms with Crippen LogP contribution in [0.15, 0.2) is 18.2 Å². The van der Waals surface area contributed by atoms with Crippen molar-refractivity contribution in [2.75, 3.05) is 0 Å². The van der Waals surface area contributed by atoms with E-state index in [2.05, 4.69) is 37.2 Å². The van der Waals surface area contributed by atoms with E-state index in [0.717, 1.165) is 29.8 Å². The molecule has 20 heavy (non-hydrogen) atoms. The lowest BCUT2D eigenvalue weighted by Gasteiger charge is -2.15. The minimum absolute atomic E-state index is 0.318. The van der Waals surface area contributed by atoms with Gasteiger partial charge in [0.25, 0.3) is 0 Å². The number of fused-ring (bicyclic) bond motifs is 1. The largest absolute Gasteiger partial charge is 0.478 e. The topological polar surface area (TPSA) is 55.1 Å². The van der Waals surface area contributed by atoms with Gasteiger partial charge in [-0.2, -0.15) is 0 Å². The maximum atomic E-state index is 11.1. The Morgan fingerprint density at radius 3 is 2.60 bits per heavy atom. The second-order valence-corrected chi connectivity index (χ2v) is 5.76. The third-order valence-electron chi connectivity index (χ3n) is 3.73. The van der Waals surface area contributed by atoms with E-state index in [-0.39, 0.29) is 0 Å². The van der Waals surface area contributed by atoms with E-state index < -0.39 is 5.97 Å². The lowest BCUT2D eigenvalue weighted by atomic mass is 10.1. The summed E-state index contributed by atoms with van der Waals surface area (Å²) in [5.74, 6) is 0.996. The fourth-order valence-corrected chi connectivity index (χ4v) is 2.35. The lowest BCUT2D eigenvalue weighted by Crippen LogP contribution is -2.11. The van der Waals surface area contributed by atoms with Gasteiger partial charge in [-0.25, -0.2) is 9.78 Å². The summed E-state index contributed by atoms with van der Waals surface area (Å²) in [6, 6.07) is 5.16. The van der Waals surface area contributed by atoms with Crippen molar-refractivity contribution in [3.8, 4) is 0 Å². The van der Waals surface area contributed by atoms with Crippen LogP contribution < -0.4 is 0 Å². The maximum absolute atomic E-state index is 11.1. The van der Waals surface area contributed by atoms with Crippen molar-refractivity contribution < 1.29 is 9.90 Å². The Bertz CT molecular complexity index is 629. The van der Waals surface area contributed by atoms with Crippen LogP contribution in [-0.4, -0.2) is 20.6 Å². The summed E-state index contributed by atoms with van der Waals surface area (Å²) in [5, 5.41) is 9.15. The molecule has 108 valence electrons. The van der Waals surface area contributed by atoms with Crippen molar-refractivity contribution in [2.45, 2.75) is 46.6 Å². The number of nitrogens with zero attached hydrogens (tertiary/aromatic N) is 2. The van der Waals surface area contributed by atoms with E-state index in [1.54, 1.807) is 18.2 Å². The molecule has 2 aromatic rings. The Hall–Kier alpha value is -1.84. The molecule has 4 heteroatoms. The summed E-state index contributed by atoms with van der Waals surface area (Å²) in [5.41, 5.74) is 2.12. The first-order chi connectivity index (χ1) is 9.43. The summed E-state index contributed by atoms with van der Waals surface area (Å²) < 4.78 is 2.18. The second-order valence-electron chi connectivity index (χ2n) is 5.76. The minimum atomic E-state index is -0.894. The van der Waals surface area contributed by atoms with E-state index in [1.165, 1.54) is 0 Å². The summed E-state index contributed by atoms with van der Waals surface area (Å²) in [6.07, 6.45) is 1.09. The predicted molar refractivity (Wildman–Crippen MR) is 80.2 cm³/mol. The fourth-order valence-electron chi connectivity index (χ4n) is 2.35. The molecule has 0 amide bonds. The summed E-state index contributed by atoms with van der Waals surface area (Å²) in [4.78, 5) is 15.8. The van der Waals surface area contributed by atoms with Crippen LogP contribution in [0.1, 0.15) is 56.2 Å². The van der Waals surface area contributed by atoms with Crippen LogP contribution in [0.4, 0.5) is 0 Å². The van der Waals surface area contributed by atoms with E-state index in [0.29, 0.717) is 17.4 Å². The SMILES string of the molecule is CCC(C)Cn1c(C(C)C)nc2ccc(C(=O)O)cc21. The van der Waals surface area contributed by atoms with Crippen LogP contribution in [0, 0.1) is 5.92 Å². The highest BCUT2D eigenvalue weighted by molar-refractivity contribution is 5.92. The van der Waals surface area contributed by atoms with Gasteiger partial charge in [-0.1, -0.05) is 34.1 Å². The summed E-state index contributed by atoms with van der Waals surface area (Å²) in [7, 11) is 0. The average molecular weight is 274 g/mol. The van der Waals surface area contributed by atoms with Crippen molar-refractivity contribution in [1.82, 2.24) is 9.55 Å². The molecule has 0 aliphatic carbocycles. The Kier molecular flexibility index (Phi) is 4.12. The quantitative estimate of drug-likeness (QED) is 0.899. The van der Waals surface area contributed by atoms with Gasteiger partial charge in [0.2, 0.25) is 0 Å². The van der Waals surface area contributed by atoms with Gasteiger partial charge in [-0.15, -0.1) is 0 Å². The number of carboxylic acids is 1. The van der Waals surface area contributed by atoms with Gasteiger partial charge >= 0.3 is 5.97 Å². The average Bonchev–Trinajstić information content (AvgIpc) is 2.76. The second kappa shape index (κ2) is 5.65. The fraction of sp³-hybridized carbons (Fsp3) is 0.500. The number of hydrogen-bond donors (Lipinski definition) is 1. The Morgan fingerprint density at radius 1 is 1.35 bits per heavy atom. The number of benzene rings is 1. The normalized spacial score (nSPS) is 13.1. The number of imidazole rings is 1. The Morgan fingerprint density at radius 2 is 2.05 bits per heavy atom. The first-order valence-electron chi connectivity index (χ1n) is 7.17. The highest BCUT2D eigenvalue weighted by Gasteiger charge is 2.16. The van der Waals surface area contributed by atoms with Crippen LogP contribution in [0.3, 0.4) is 0 Å². The predicted octanol–water partition coefficient (Wildman–Crippen LogP) is 3.90. The molecule has 0 aliphatic heterocycles. The molecule has 1 N–H and O–H groups in total. The molecule has 1 heterocycles. The monoisotopic (exact) mass is 274 g/mol. The van der Waals surface area contributed by atoms with Crippen molar-refractivity contribution in [1.29, 1.82) is 0 Å². The van der Waals surface area contributed by atoms with Crippen molar-refractivity contribution in [3.05, 3.63) is 29.6 Å². The summed E-state index contributed by atoms with van der Waals surface area (Å²) >= 11 is 0. The van der Waals surface area contributed by atoms with Crippen molar-refractivity contribution >= 4 is 17.0 Å². The van der Waals surface area contributed by atoms with Gasteiger partial charge in [0.1, 0.15) is 5.82 Å². The molecular formula is C16H22N2O2. The highest BCUT2D eigenvalue weighted by Crippen LogP contribution is 2.24. The molecule has 1 atom stereocenters. The molecule has 2 rings (SSSR count). The van der Waals surface area contributed by atoms with Crippen LogP contribution in [0.2, 0.25) is 0 Å². The zero-order valence-electron chi connectivity index (χ0n) is 12.6.